The Morgan fingerprint density at radius 1 is 1.08 bits per heavy atom. The van der Waals surface area contributed by atoms with Crippen LogP contribution >= 0.6 is 0 Å². The summed E-state index contributed by atoms with van der Waals surface area (Å²) in [5.41, 5.74) is 2.00. The number of nitrogens with one attached hydrogen (secondary N) is 3. The number of carbonyl (C=O) groups excluding carboxylic acids is 2. The van der Waals surface area contributed by atoms with E-state index in [0.29, 0.717) is 24.3 Å². The zero-order valence-electron chi connectivity index (χ0n) is 13.7. The molecule has 3 N–H and O–H groups in total. The minimum absolute atomic E-state index is 0.00122. The van der Waals surface area contributed by atoms with Gasteiger partial charge in [0.1, 0.15) is 5.82 Å². The lowest BCUT2D eigenvalue weighted by Crippen LogP contribution is -2.25. The van der Waals surface area contributed by atoms with E-state index in [1.807, 2.05) is 0 Å². The minimum Gasteiger partial charge on any atom is -0.348 e. The van der Waals surface area contributed by atoms with Crippen LogP contribution < -0.4 is 16.0 Å². The van der Waals surface area contributed by atoms with E-state index in [2.05, 4.69) is 16.0 Å². The van der Waals surface area contributed by atoms with Crippen LogP contribution in [0.2, 0.25) is 0 Å². The van der Waals surface area contributed by atoms with Gasteiger partial charge in [-0.2, -0.15) is 0 Å². The quantitative estimate of drug-likeness (QED) is 0.782. The summed E-state index contributed by atoms with van der Waals surface area (Å²) >= 11 is 0. The van der Waals surface area contributed by atoms with Gasteiger partial charge < -0.3 is 16.0 Å². The van der Waals surface area contributed by atoms with Crippen LogP contribution in [0.3, 0.4) is 0 Å². The second kappa shape index (κ2) is 7.90. The van der Waals surface area contributed by atoms with Gasteiger partial charge in [-0.05, 0) is 54.9 Å². The molecule has 1 unspecified atom stereocenters. The van der Waals surface area contributed by atoms with Crippen molar-refractivity contribution in [3.8, 4) is 0 Å². The van der Waals surface area contributed by atoms with Crippen LogP contribution in [0, 0.1) is 11.7 Å². The zero-order chi connectivity index (χ0) is 17.6. The average Bonchev–Trinajstić information content (AvgIpc) is 3.16. The van der Waals surface area contributed by atoms with Crippen molar-refractivity contribution >= 4 is 17.5 Å². The standard InChI is InChI=1S/C19H20FN3O2/c20-16-5-1-13(2-6-16)11-22-18(24)14-3-7-17(8-4-14)23-19(25)15-9-10-21-12-15/h1-8,15,21H,9-12H2,(H,22,24)(H,23,25). The molecule has 0 bridgehead atoms. The van der Waals surface area contributed by atoms with Gasteiger partial charge in [-0.1, -0.05) is 12.1 Å². The Labute approximate surface area is 145 Å². The Hall–Kier alpha value is -2.73. The highest BCUT2D eigenvalue weighted by molar-refractivity contribution is 5.96. The molecule has 5 nitrogen and oxygen atoms in total. The molecule has 130 valence electrons. The van der Waals surface area contributed by atoms with Gasteiger partial charge in [0.25, 0.3) is 5.91 Å². The van der Waals surface area contributed by atoms with Crippen molar-refractivity contribution in [2.75, 3.05) is 18.4 Å². The van der Waals surface area contributed by atoms with Gasteiger partial charge in [-0.15, -0.1) is 0 Å². The van der Waals surface area contributed by atoms with Gasteiger partial charge in [-0.25, -0.2) is 4.39 Å². The highest BCUT2D eigenvalue weighted by Crippen LogP contribution is 2.14. The molecule has 1 heterocycles. The molecule has 1 aliphatic rings. The summed E-state index contributed by atoms with van der Waals surface area (Å²) in [5, 5.41) is 8.81. The number of anilines is 1. The van der Waals surface area contributed by atoms with Gasteiger partial charge in [0.15, 0.2) is 0 Å². The SMILES string of the molecule is O=C(NCc1ccc(F)cc1)c1ccc(NC(=O)C2CCNC2)cc1. The first-order valence-electron chi connectivity index (χ1n) is 8.26. The minimum atomic E-state index is -0.305. The third-order valence-electron chi connectivity index (χ3n) is 4.21. The molecule has 0 aliphatic carbocycles. The molecule has 1 fully saturated rings. The van der Waals surface area contributed by atoms with E-state index in [4.69, 9.17) is 0 Å². The number of amides is 2. The van der Waals surface area contributed by atoms with Crippen molar-refractivity contribution < 1.29 is 14.0 Å². The smallest absolute Gasteiger partial charge is 0.251 e. The lowest BCUT2D eigenvalue weighted by atomic mass is 10.1. The molecular formula is C19H20FN3O2. The Kier molecular flexibility index (Phi) is 5.40. The van der Waals surface area contributed by atoms with Crippen molar-refractivity contribution in [2.45, 2.75) is 13.0 Å². The number of halogens is 1. The molecule has 2 aromatic carbocycles. The van der Waals surface area contributed by atoms with E-state index < -0.39 is 0 Å². The fourth-order valence-corrected chi connectivity index (χ4v) is 2.71. The summed E-state index contributed by atoms with van der Waals surface area (Å²) in [6.45, 7) is 1.90. The Balaban J connectivity index is 1.53. The van der Waals surface area contributed by atoms with Crippen molar-refractivity contribution in [3.05, 3.63) is 65.5 Å². The lowest BCUT2D eigenvalue weighted by molar-refractivity contribution is -0.119. The number of hydrogen-bond donors (Lipinski definition) is 3. The number of carbonyl (C=O) groups is 2. The van der Waals surface area contributed by atoms with E-state index in [1.165, 1.54) is 12.1 Å². The average molecular weight is 341 g/mol. The van der Waals surface area contributed by atoms with Crippen LogP contribution in [0.4, 0.5) is 10.1 Å². The summed E-state index contributed by atoms with van der Waals surface area (Å²) in [7, 11) is 0. The van der Waals surface area contributed by atoms with Gasteiger partial charge in [0.05, 0.1) is 5.92 Å². The number of rotatable bonds is 5. The van der Waals surface area contributed by atoms with Crippen molar-refractivity contribution in [3.63, 3.8) is 0 Å². The van der Waals surface area contributed by atoms with E-state index >= 15 is 0 Å². The van der Waals surface area contributed by atoms with Gasteiger partial charge in [0.2, 0.25) is 5.91 Å². The van der Waals surface area contributed by atoms with Gasteiger partial charge in [0, 0.05) is 24.3 Å². The Morgan fingerprint density at radius 3 is 2.44 bits per heavy atom. The highest BCUT2D eigenvalue weighted by Gasteiger charge is 2.22. The molecule has 3 rings (SSSR count). The third kappa shape index (κ3) is 4.64. The summed E-state index contributed by atoms with van der Waals surface area (Å²) < 4.78 is 12.9. The maximum Gasteiger partial charge on any atom is 0.251 e. The lowest BCUT2D eigenvalue weighted by Gasteiger charge is -2.10. The monoisotopic (exact) mass is 341 g/mol. The van der Waals surface area contributed by atoms with Crippen LogP contribution in [0.5, 0.6) is 0 Å². The fraction of sp³-hybridized carbons (Fsp3) is 0.263. The maximum atomic E-state index is 12.9. The first-order chi connectivity index (χ1) is 12.1. The second-order valence-corrected chi connectivity index (χ2v) is 6.07. The molecule has 1 saturated heterocycles. The first-order valence-corrected chi connectivity index (χ1v) is 8.26. The number of hydrogen-bond acceptors (Lipinski definition) is 3. The normalized spacial score (nSPS) is 16.4. The molecular weight excluding hydrogens is 321 g/mol. The summed E-state index contributed by atoms with van der Waals surface area (Å²) in [4.78, 5) is 24.2. The summed E-state index contributed by atoms with van der Waals surface area (Å²) in [5.74, 6) is -0.527. The fourth-order valence-electron chi connectivity index (χ4n) is 2.71. The topological polar surface area (TPSA) is 70.2 Å². The highest BCUT2D eigenvalue weighted by atomic mass is 19.1. The molecule has 1 aliphatic heterocycles. The molecule has 0 saturated carbocycles. The van der Waals surface area contributed by atoms with Gasteiger partial charge in [-0.3, -0.25) is 9.59 Å². The summed E-state index contributed by atoms with van der Waals surface area (Å²) in [6.07, 6.45) is 0.843. The van der Waals surface area contributed by atoms with Crippen molar-refractivity contribution in [2.24, 2.45) is 5.92 Å². The summed E-state index contributed by atoms with van der Waals surface area (Å²) in [6, 6.07) is 12.8. The Bertz CT molecular complexity index is 738. The largest absolute Gasteiger partial charge is 0.348 e. The van der Waals surface area contributed by atoms with Crippen molar-refractivity contribution in [1.29, 1.82) is 0 Å². The first kappa shape index (κ1) is 17.1. The predicted octanol–water partition coefficient (Wildman–Crippen LogP) is 2.30. The van der Waals surface area contributed by atoms with E-state index in [-0.39, 0.29) is 23.5 Å². The molecule has 2 aromatic rings. The molecule has 25 heavy (non-hydrogen) atoms. The molecule has 0 aromatic heterocycles. The van der Waals surface area contributed by atoms with Crippen LogP contribution in [-0.2, 0) is 11.3 Å². The van der Waals surface area contributed by atoms with Crippen LogP contribution in [-0.4, -0.2) is 24.9 Å². The van der Waals surface area contributed by atoms with E-state index in [9.17, 15) is 14.0 Å². The van der Waals surface area contributed by atoms with Crippen LogP contribution in [0.15, 0.2) is 48.5 Å². The van der Waals surface area contributed by atoms with Crippen molar-refractivity contribution in [1.82, 2.24) is 10.6 Å². The maximum absolute atomic E-state index is 12.9. The molecule has 1 atom stereocenters. The van der Waals surface area contributed by atoms with Crippen LogP contribution in [0.25, 0.3) is 0 Å². The zero-order valence-corrected chi connectivity index (χ0v) is 13.7. The Morgan fingerprint density at radius 2 is 1.80 bits per heavy atom. The molecule has 6 heteroatoms. The number of benzene rings is 2. The predicted molar refractivity (Wildman–Crippen MR) is 93.6 cm³/mol. The second-order valence-electron chi connectivity index (χ2n) is 6.07. The van der Waals surface area contributed by atoms with E-state index in [1.54, 1.807) is 36.4 Å². The van der Waals surface area contributed by atoms with Gasteiger partial charge >= 0.3 is 0 Å². The molecule has 2 amide bonds. The third-order valence-corrected chi connectivity index (χ3v) is 4.21. The molecule has 0 radical (unpaired) electrons. The van der Waals surface area contributed by atoms with E-state index in [0.717, 1.165) is 18.5 Å². The van der Waals surface area contributed by atoms with Crippen LogP contribution in [0.1, 0.15) is 22.3 Å². The molecule has 0 spiro atoms.